The summed E-state index contributed by atoms with van der Waals surface area (Å²) in [5.41, 5.74) is 11.2. The first-order chi connectivity index (χ1) is 9.19. The highest BCUT2D eigenvalue weighted by molar-refractivity contribution is 5.69. The number of nitrogens with two attached hydrogens (primary N) is 1. The zero-order valence-corrected chi connectivity index (χ0v) is 13.0. The van der Waals surface area contributed by atoms with Crippen LogP contribution in [-0.2, 0) is 17.7 Å². The maximum Gasteiger partial charge on any atom is 0.410 e. The molecule has 0 saturated heterocycles. The van der Waals surface area contributed by atoms with E-state index >= 15 is 0 Å². The van der Waals surface area contributed by atoms with Crippen molar-refractivity contribution < 1.29 is 9.53 Å². The van der Waals surface area contributed by atoms with Crippen LogP contribution in [0.4, 0.5) is 10.5 Å². The number of hydrogen-bond acceptors (Lipinski definition) is 3. The summed E-state index contributed by atoms with van der Waals surface area (Å²) < 4.78 is 5.44. The molecule has 1 aromatic rings. The van der Waals surface area contributed by atoms with Crippen LogP contribution in [0.1, 0.15) is 43.0 Å². The first-order valence-corrected chi connectivity index (χ1v) is 7.04. The highest BCUT2D eigenvalue weighted by Crippen LogP contribution is 2.29. The van der Waals surface area contributed by atoms with Crippen molar-refractivity contribution in [1.29, 1.82) is 0 Å². The summed E-state index contributed by atoms with van der Waals surface area (Å²) in [4.78, 5) is 13.9. The predicted molar refractivity (Wildman–Crippen MR) is 80.7 cm³/mol. The standard InChI is InChI=1S/C16H24N2O2/c1-10-8-12-9-18(15(19)20-16(3,4)5)7-6-13(12)11(2)14(10)17/h8H,6-7,9,17H2,1-5H3. The van der Waals surface area contributed by atoms with E-state index in [1.807, 2.05) is 27.7 Å². The third kappa shape index (κ3) is 2.89. The highest BCUT2D eigenvalue weighted by atomic mass is 16.6. The van der Waals surface area contributed by atoms with Gasteiger partial charge < -0.3 is 15.4 Å². The van der Waals surface area contributed by atoms with Crippen LogP contribution in [0.5, 0.6) is 0 Å². The smallest absolute Gasteiger partial charge is 0.410 e. The SMILES string of the molecule is Cc1cc2c(c(C)c1N)CCN(C(=O)OC(C)(C)C)C2. The van der Waals surface area contributed by atoms with Crippen LogP contribution >= 0.6 is 0 Å². The van der Waals surface area contributed by atoms with Crippen molar-refractivity contribution in [2.75, 3.05) is 12.3 Å². The van der Waals surface area contributed by atoms with E-state index in [0.29, 0.717) is 13.1 Å². The van der Waals surface area contributed by atoms with E-state index in [4.69, 9.17) is 10.5 Å². The lowest BCUT2D eigenvalue weighted by Crippen LogP contribution is -2.40. The van der Waals surface area contributed by atoms with Gasteiger partial charge in [-0.1, -0.05) is 6.07 Å². The Hall–Kier alpha value is -1.71. The molecule has 110 valence electrons. The van der Waals surface area contributed by atoms with Crippen LogP contribution < -0.4 is 5.73 Å². The molecule has 0 aromatic heterocycles. The summed E-state index contributed by atoms with van der Waals surface area (Å²) in [7, 11) is 0. The van der Waals surface area contributed by atoms with E-state index in [1.165, 1.54) is 11.1 Å². The Labute approximate surface area is 120 Å². The Morgan fingerprint density at radius 1 is 1.35 bits per heavy atom. The lowest BCUT2D eigenvalue weighted by molar-refractivity contribution is 0.0224. The number of hydrogen-bond donors (Lipinski definition) is 1. The molecule has 0 saturated carbocycles. The Balaban J connectivity index is 2.21. The van der Waals surface area contributed by atoms with Gasteiger partial charge in [0.25, 0.3) is 0 Å². The number of aryl methyl sites for hydroxylation is 1. The van der Waals surface area contributed by atoms with Gasteiger partial charge in [0, 0.05) is 18.8 Å². The number of nitrogens with zero attached hydrogens (tertiary/aromatic N) is 1. The molecule has 1 aromatic carbocycles. The lowest BCUT2D eigenvalue weighted by atomic mass is 9.92. The number of rotatable bonds is 0. The topological polar surface area (TPSA) is 55.6 Å². The minimum absolute atomic E-state index is 0.240. The molecule has 0 bridgehead atoms. The maximum absolute atomic E-state index is 12.1. The second-order valence-electron chi connectivity index (χ2n) is 6.52. The second-order valence-corrected chi connectivity index (χ2v) is 6.52. The molecule has 1 aliphatic rings. The maximum atomic E-state index is 12.1. The van der Waals surface area contributed by atoms with E-state index in [0.717, 1.165) is 23.2 Å². The zero-order valence-electron chi connectivity index (χ0n) is 13.0. The van der Waals surface area contributed by atoms with Crippen LogP contribution in [0.2, 0.25) is 0 Å². The van der Waals surface area contributed by atoms with Crippen molar-refractivity contribution in [2.45, 2.75) is 53.2 Å². The number of nitrogen functional groups attached to an aromatic ring is 1. The molecule has 0 fully saturated rings. The summed E-state index contributed by atoms with van der Waals surface area (Å²) >= 11 is 0. The van der Waals surface area contributed by atoms with Crippen molar-refractivity contribution in [1.82, 2.24) is 4.90 Å². The number of benzene rings is 1. The third-order valence-electron chi connectivity index (χ3n) is 3.70. The molecule has 1 heterocycles. The van der Waals surface area contributed by atoms with E-state index in [1.54, 1.807) is 4.90 Å². The van der Waals surface area contributed by atoms with E-state index < -0.39 is 5.60 Å². The Kier molecular flexibility index (Phi) is 3.67. The van der Waals surface area contributed by atoms with E-state index in [9.17, 15) is 4.79 Å². The Morgan fingerprint density at radius 3 is 2.60 bits per heavy atom. The summed E-state index contributed by atoms with van der Waals surface area (Å²) in [6.07, 6.45) is 0.598. The Morgan fingerprint density at radius 2 is 2.00 bits per heavy atom. The lowest BCUT2D eigenvalue weighted by Gasteiger charge is -2.32. The number of anilines is 1. The molecule has 1 amide bonds. The number of fused-ring (bicyclic) bond motifs is 1. The average Bonchev–Trinajstić information content (AvgIpc) is 2.33. The fourth-order valence-electron chi connectivity index (χ4n) is 2.63. The third-order valence-corrected chi connectivity index (χ3v) is 3.70. The van der Waals surface area contributed by atoms with Gasteiger partial charge in [-0.2, -0.15) is 0 Å². The highest BCUT2D eigenvalue weighted by Gasteiger charge is 2.27. The number of carbonyl (C=O) groups is 1. The quantitative estimate of drug-likeness (QED) is 0.740. The molecule has 2 rings (SSSR count). The fraction of sp³-hybridized carbons (Fsp3) is 0.562. The van der Waals surface area contributed by atoms with Crippen molar-refractivity contribution in [2.24, 2.45) is 0 Å². The van der Waals surface area contributed by atoms with Crippen molar-refractivity contribution in [3.8, 4) is 0 Å². The molecule has 4 heteroatoms. The first-order valence-electron chi connectivity index (χ1n) is 7.04. The summed E-state index contributed by atoms with van der Waals surface area (Å²) in [5.74, 6) is 0. The normalized spacial score (nSPS) is 14.9. The van der Waals surface area contributed by atoms with Gasteiger partial charge in [-0.05, 0) is 63.3 Å². The van der Waals surface area contributed by atoms with Gasteiger partial charge >= 0.3 is 6.09 Å². The number of carbonyl (C=O) groups excluding carboxylic acids is 1. The van der Waals surface area contributed by atoms with Gasteiger partial charge in [0.05, 0.1) is 0 Å². The van der Waals surface area contributed by atoms with Gasteiger partial charge in [-0.25, -0.2) is 4.79 Å². The van der Waals surface area contributed by atoms with E-state index in [-0.39, 0.29) is 6.09 Å². The van der Waals surface area contributed by atoms with Crippen LogP contribution in [0, 0.1) is 13.8 Å². The molecular weight excluding hydrogens is 252 g/mol. The average molecular weight is 276 g/mol. The van der Waals surface area contributed by atoms with Crippen molar-refractivity contribution in [3.63, 3.8) is 0 Å². The fourth-order valence-corrected chi connectivity index (χ4v) is 2.63. The summed E-state index contributed by atoms with van der Waals surface area (Å²) in [6.45, 7) is 11.0. The molecule has 0 radical (unpaired) electrons. The zero-order chi connectivity index (χ0) is 15.1. The van der Waals surface area contributed by atoms with Crippen LogP contribution in [-0.4, -0.2) is 23.1 Å². The van der Waals surface area contributed by atoms with Gasteiger partial charge in [0.1, 0.15) is 5.60 Å². The molecular formula is C16H24N2O2. The minimum Gasteiger partial charge on any atom is -0.444 e. The second kappa shape index (κ2) is 5.00. The number of amides is 1. The molecule has 0 aliphatic carbocycles. The van der Waals surface area contributed by atoms with Crippen LogP contribution in [0.25, 0.3) is 0 Å². The Bertz CT molecular complexity index is 544. The molecule has 2 N–H and O–H groups in total. The molecule has 0 spiro atoms. The van der Waals surface area contributed by atoms with Crippen LogP contribution in [0.15, 0.2) is 6.07 Å². The van der Waals surface area contributed by atoms with Crippen molar-refractivity contribution in [3.05, 3.63) is 28.3 Å². The minimum atomic E-state index is -0.454. The number of ether oxygens (including phenoxy) is 1. The first kappa shape index (κ1) is 14.7. The van der Waals surface area contributed by atoms with Crippen molar-refractivity contribution >= 4 is 11.8 Å². The molecule has 20 heavy (non-hydrogen) atoms. The molecule has 0 unspecified atom stereocenters. The van der Waals surface area contributed by atoms with Gasteiger partial charge in [-0.15, -0.1) is 0 Å². The van der Waals surface area contributed by atoms with E-state index in [2.05, 4.69) is 13.0 Å². The van der Waals surface area contributed by atoms with Gasteiger partial charge in [-0.3, -0.25) is 0 Å². The molecule has 4 nitrogen and oxygen atoms in total. The predicted octanol–water partition coefficient (Wildman–Crippen LogP) is 3.18. The molecule has 1 aliphatic heterocycles. The van der Waals surface area contributed by atoms with Crippen LogP contribution in [0.3, 0.4) is 0 Å². The molecule has 0 atom stereocenters. The summed E-state index contributed by atoms with van der Waals surface area (Å²) in [6, 6.07) is 2.09. The van der Waals surface area contributed by atoms with Gasteiger partial charge in [0.2, 0.25) is 0 Å². The monoisotopic (exact) mass is 276 g/mol. The summed E-state index contributed by atoms with van der Waals surface area (Å²) in [5, 5.41) is 0. The van der Waals surface area contributed by atoms with Gasteiger partial charge in [0.15, 0.2) is 0 Å². The largest absolute Gasteiger partial charge is 0.444 e.